The first-order chi connectivity index (χ1) is 16.2. The second-order valence-electron chi connectivity index (χ2n) is 13.0. The number of rotatable bonds is 2. The largest absolute Gasteiger partial charge is 0.504 e. The fourth-order valence-corrected chi connectivity index (χ4v) is 8.67. The van der Waals surface area contributed by atoms with Gasteiger partial charge in [-0.15, -0.1) is 0 Å². The lowest BCUT2D eigenvalue weighted by atomic mass is 9.34. The van der Waals surface area contributed by atoms with Crippen molar-refractivity contribution in [3.05, 3.63) is 34.4 Å². The number of phenolic OH excluding ortho intramolecular Hbond substituents is 2. The number of benzene rings is 1. The van der Waals surface area contributed by atoms with Crippen LogP contribution in [-0.2, 0) is 10.2 Å². The topological polar surface area (TPSA) is 112 Å². The number of carbonyl (C=O) groups is 3. The van der Waals surface area contributed by atoms with E-state index < -0.39 is 22.5 Å². The van der Waals surface area contributed by atoms with Crippen molar-refractivity contribution in [1.82, 2.24) is 0 Å². The molecule has 0 amide bonds. The fourth-order valence-electron chi connectivity index (χ4n) is 8.67. The van der Waals surface area contributed by atoms with Crippen molar-refractivity contribution >= 4 is 18.0 Å². The Bertz CT molecular complexity index is 1210. The minimum absolute atomic E-state index is 0.0584. The third-order valence-electron chi connectivity index (χ3n) is 11.4. The molecule has 35 heavy (non-hydrogen) atoms. The predicted molar refractivity (Wildman–Crippen MR) is 131 cm³/mol. The van der Waals surface area contributed by atoms with Crippen LogP contribution >= 0.6 is 0 Å². The molecule has 0 aliphatic heterocycles. The van der Waals surface area contributed by atoms with Gasteiger partial charge in [-0.05, 0) is 97.3 Å². The minimum Gasteiger partial charge on any atom is -0.504 e. The zero-order chi connectivity index (χ0) is 25.8. The van der Waals surface area contributed by atoms with Crippen LogP contribution in [0.4, 0.5) is 0 Å². The Labute approximate surface area is 206 Å². The quantitative estimate of drug-likeness (QED) is 0.365. The number of aromatic hydroxyl groups is 2. The number of aldehydes is 1. The van der Waals surface area contributed by atoms with Gasteiger partial charge in [-0.25, -0.2) is 0 Å². The zero-order valence-electron chi connectivity index (χ0n) is 21.3. The van der Waals surface area contributed by atoms with Crippen LogP contribution in [0.5, 0.6) is 11.5 Å². The van der Waals surface area contributed by atoms with Crippen LogP contribution in [0, 0.1) is 27.6 Å². The number of aliphatic carboxylic acids is 1. The molecule has 3 fully saturated rings. The van der Waals surface area contributed by atoms with Crippen LogP contribution in [0.2, 0.25) is 0 Å². The van der Waals surface area contributed by atoms with Crippen molar-refractivity contribution in [3.8, 4) is 11.5 Å². The number of hydrogen-bond acceptors (Lipinski definition) is 5. The Balaban J connectivity index is 1.68. The van der Waals surface area contributed by atoms with Crippen molar-refractivity contribution in [2.45, 2.75) is 85.0 Å². The molecule has 0 radical (unpaired) electrons. The first-order valence-electron chi connectivity index (χ1n) is 12.7. The summed E-state index contributed by atoms with van der Waals surface area (Å²) in [5.41, 5.74) is -0.155. The average molecular weight is 481 g/mol. The normalized spacial score (nSPS) is 42.1. The van der Waals surface area contributed by atoms with Gasteiger partial charge in [0.25, 0.3) is 0 Å². The molecule has 0 bridgehead atoms. The summed E-state index contributed by atoms with van der Waals surface area (Å²) >= 11 is 0. The summed E-state index contributed by atoms with van der Waals surface area (Å²) in [6.07, 6.45) is 7.76. The summed E-state index contributed by atoms with van der Waals surface area (Å²) in [7, 11) is 0. The molecule has 4 aliphatic carbocycles. The van der Waals surface area contributed by atoms with Gasteiger partial charge in [0, 0.05) is 11.0 Å². The molecule has 0 spiro atoms. The van der Waals surface area contributed by atoms with Gasteiger partial charge in [0.1, 0.15) is 0 Å². The van der Waals surface area contributed by atoms with E-state index in [-0.39, 0.29) is 44.8 Å². The molecule has 1 aromatic rings. The third kappa shape index (κ3) is 2.80. The molecule has 188 valence electrons. The molecule has 0 heterocycles. The molecular weight excluding hydrogens is 444 g/mol. The number of fused-ring (bicyclic) bond motifs is 7. The first kappa shape index (κ1) is 24.1. The van der Waals surface area contributed by atoms with E-state index in [1.807, 2.05) is 6.92 Å². The lowest BCUT2D eigenvalue weighted by Gasteiger charge is -2.69. The molecule has 6 atom stereocenters. The van der Waals surface area contributed by atoms with E-state index in [9.17, 15) is 29.7 Å². The Kier molecular flexibility index (Phi) is 4.80. The summed E-state index contributed by atoms with van der Waals surface area (Å²) in [5, 5.41) is 30.8. The van der Waals surface area contributed by atoms with Crippen molar-refractivity contribution in [1.29, 1.82) is 0 Å². The van der Waals surface area contributed by atoms with Crippen LogP contribution in [0.3, 0.4) is 0 Å². The molecule has 4 aliphatic rings. The van der Waals surface area contributed by atoms with Crippen LogP contribution in [0.25, 0.3) is 0 Å². The number of hydrogen-bond donors (Lipinski definition) is 3. The Morgan fingerprint density at radius 3 is 2.29 bits per heavy atom. The summed E-state index contributed by atoms with van der Waals surface area (Å²) in [4.78, 5) is 37.5. The van der Waals surface area contributed by atoms with E-state index >= 15 is 0 Å². The van der Waals surface area contributed by atoms with Crippen molar-refractivity contribution < 1.29 is 29.7 Å². The summed E-state index contributed by atoms with van der Waals surface area (Å²) in [5.74, 6) is -1.79. The van der Waals surface area contributed by atoms with Gasteiger partial charge in [-0.3, -0.25) is 14.4 Å². The molecule has 0 aromatic heterocycles. The third-order valence-corrected chi connectivity index (χ3v) is 11.4. The van der Waals surface area contributed by atoms with Crippen molar-refractivity contribution in [2.24, 2.45) is 27.6 Å². The summed E-state index contributed by atoms with van der Waals surface area (Å²) in [6.45, 7) is 10.8. The number of ketones is 1. The van der Waals surface area contributed by atoms with Gasteiger partial charge in [0.2, 0.25) is 0 Å². The predicted octanol–water partition coefficient (Wildman–Crippen LogP) is 5.79. The highest BCUT2D eigenvalue weighted by Crippen LogP contribution is 2.74. The molecule has 6 heteroatoms. The maximum Gasteiger partial charge on any atom is 0.309 e. The van der Waals surface area contributed by atoms with E-state index in [1.165, 1.54) is 6.07 Å². The van der Waals surface area contributed by atoms with Crippen LogP contribution in [0.1, 0.15) is 106 Å². The molecular formula is C29H36O6. The van der Waals surface area contributed by atoms with Gasteiger partial charge in [-0.2, -0.15) is 0 Å². The molecule has 3 saturated carbocycles. The zero-order valence-corrected chi connectivity index (χ0v) is 21.3. The highest BCUT2D eigenvalue weighted by molar-refractivity contribution is 6.13. The number of allylic oxidation sites excluding steroid dienone is 2. The minimum atomic E-state index is -0.752. The molecule has 6 nitrogen and oxygen atoms in total. The fraction of sp³-hybridized carbons (Fsp3) is 0.621. The molecule has 0 unspecified atom stereocenters. The monoisotopic (exact) mass is 480 g/mol. The van der Waals surface area contributed by atoms with E-state index in [0.29, 0.717) is 31.1 Å². The standard InChI is InChI=1S/C29H36O6/c1-25-6-7-26(2,24(34)35)14-21(25)29(5)11-9-27(3)17-12-19(32)23(33)16(15-30)22(17)18(31)13-20(27)28(29,4)10-8-25/h12-13,15,21,32-33H,6-11,14H2,1-5H3,(H,34,35)/t21-,25-,26-,27+,28-,29+/m0/s1. The average Bonchev–Trinajstić information content (AvgIpc) is 2.80. The lowest BCUT2D eigenvalue weighted by molar-refractivity contribution is -0.177. The van der Waals surface area contributed by atoms with E-state index in [4.69, 9.17) is 0 Å². The Morgan fingerprint density at radius 1 is 1.00 bits per heavy atom. The number of carboxylic acids is 1. The van der Waals surface area contributed by atoms with E-state index in [2.05, 4.69) is 27.7 Å². The van der Waals surface area contributed by atoms with Gasteiger partial charge in [0.05, 0.1) is 11.0 Å². The molecule has 5 rings (SSSR count). The summed E-state index contributed by atoms with van der Waals surface area (Å²) < 4.78 is 0. The van der Waals surface area contributed by atoms with Crippen LogP contribution in [0.15, 0.2) is 17.7 Å². The molecule has 0 saturated heterocycles. The van der Waals surface area contributed by atoms with E-state index in [1.54, 1.807) is 6.08 Å². The van der Waals surface area contributed by atoms with Gasteiger partial charge in [0.15, 0.2) is 23.6 Å². The Morgan fingerprint density at radius 2 is 1.66 bits per heavy atom. The van der Waals surface area contributed by atoms with Gasteiger partial charge in [-0.1, -0.05) is 27.7 Å². The maximum atomic E-state index is 13.5. The number of phenols is 2. The molecule has 3 N–H and O–H groups in total. The van der Waals surface area contributed by atoms with Crippen molar-refractivity contribution in [3.63, 3.8) is 0 Å². The lowest BCUT2D eigenvalue weighted by Crippen LogP contribution is -2.62. The van der Waals surface area contributed by atoms with Crippen molar-refractivity contribution in [2.75, 3.05) is 0 Å². The SMILES string of the molecule is C[C@]1(C(=O)O)CC[C@@]2(C)CC[C@@]3(C)C4=CC(=O)c5c(cc(O)c(O)c5C=O)[C@@]4(C)CC[C@]3(C)[C@H]2C1. The second-order valence-corrected chi connectivity index (χ2v) is 13.0. The van der Waals surface area contributed by atoms with Crippen LogP contribution < -0.4 is 0 Å². The number of carboxylic acid groups (broad SMARTS) is 1. The van der Waals surface area contributed by atoms with Gasteiger partial charge < -0.3 is 15.3 Å². The highest BCUT2D eigenvalue weighted by atomic mass is 16.4. The summed E-state index contributed by atoms with van der Waals surface area (Å²) in [6, 6.07) is 1.46. The second kappa shape index (κ2) is 6.98. The molecule has 1 aromatic carbocycles. The first-order valence-corrected chi connectivity index (χ1v) is 12.7. The maximum absolute atomic E-state index is 13.5. The smallest absolute Gasteiger partial charge is 0.309 e. The highest BCUT2D eigenvalue weighted by Gasteiger charge is 2.67. The Hall–Kier alpha value is -2.63. The van der Waals surface area contributed by atoms with Gasteiger partial charge >= 0.3 is 5.97 Å². The van der Waals surface area contributed by atoms with E-state index in [0.717, 1.165) is 31.3 Å². The van der Waals surface area contributed by atoms with Crippen LogP contribution in [-0.4, -0.2) is 33.4 Å². The number of carbonyl (C=O) groups excluding carboxylic acids is 2.